The van der Waals surface area contributed by atoms with Crippen LogP contribution in [0.4, 0.5) is 9.93 Å². The van der Waals surface area contributed by atoms with Gasteiger partial charge in [-0.1, -0.05) is 45.4 Å². The third-order valence-corrected chi connectivity index (χ3v) is 7.26. The Morgan fingerprint density at radius 1 is 1.03 bits per heavy atom. The van der Waals surface area contributed by atoms with E-state index in [1.165, 1.54) is 49.9 Å². The zero-order chi connectivity index (χ0) is 20.6. The average Bonchev–Trinajstić information content (AvgIpc) is 3.11. The Morgan fingerprint density at radius 2 is 1.62 bits per heavy atom. The molecule has 2 saturated carbocycles. The Morgan fingerprint density at radius 3 is 2.14 bits per heavy atom. The van der Waals surface area contributed by atoms with Crippen LogP contribution in [0.3, 0.4) is 0 Å². The maximum absolute atomic E-state index is 13.3. The second-order valence-corrected chi connectivity index (χ2v) is 9.23. The van der Waals surface area contributed by atoms with Crippen molar-refractivity contribution in [2.24, 2.45) is 0 Å². The van der Waals surface area contributed by atoms with Crippen LogP contribution in [-0.4, -0.2) is 40.6 Å². The van der Waals surface area contributed by atoms with E-state index in [4.69, 9.17) is 4.74 Å². The molecule has 0 aliphatic heterocycles. The van der Waals surface area contributed by atoms with Gasteiger partial charge < -0.3 is 9.64 Å². The Balaban J connectivity index is 1.72. The third-order valence-electron chi connectivity index (χ3n) is 6.10. The van der Waals surface area contributed by atoms with Crippen LogP contribution in [0.15, 0.2) is 0 Å². The molecule has 2 aliphatic carbocycles. The zero-order valence-corrected chi connectivity index (χ0v) is 18.7. The minimum Gasteiger partial charge on any atom is -0.466 e. The number of nitrogens with one attached hydrogen (secondary N) is 1. The van der Waals surface area contributed by atoms with Crippen LogP contribution < -0.4 is 5.32 Å². The van der Waals surface area contributed by atoms with E-state index in [2.05, 4.69) is 15.2 Å². The first-order chi connectivity index (χ1) is 14.1. The molecule has 2 aliphatic rings. The van der Waals surface area contributed by atoms with Crippen molar-refractivity contribution >= 4 is 28.5 Å². The number of thiazole rings is 1. The molecule has 1 N–H and O–H groups in total. The van der Waals surface area contributed by atoms with Crippen molar-refractivity contribution in [3.05, 3.63) is 10.6 Å². The van der Waals surface area contributed by atoms with E-state index in [0.29, 0.717) is 23.8 Å². The summed E-state index contributed by atoms with van der Waals surface area (Å²) in [6.07, 6.45) is 12.8. The molecule has 3 rings (SSSR count). The second kappa shape index (κ2) is 11.0. The molecule has 0 spiro atoms. The maximum atomic E-state index is 13.3. The first-order valence-corrected chi connectivity index (χ1v) is 12.2. The summed E-state index contributed by atoms with van der Waals surface area (Å²) in [7, 11) is 0. The number of carbonyl (C=O) groups excluding carboxylic acids is 2. The van der Waals surface area contributed by atoms with E-state index in [9.17, 15) is 9.59 Å². The Kier molecular flexibility index (Phi) is 8.33. The highest BCUT2D eigenvalue weighted by Gasteiger charge is 2.33. The summed E-state index contributed by atoms with van der Waals surface area (Å²) in [5, 5.41) is 3.68. The molecule has 0 bridgehead atoms. The number of amides is 2. The van der Waals surface area contributed by atoms with Gasteiger partial charge in [0.2, 0.25) is 0 Å². The molecule has 1 aromatic heterocycles. The molecule has 0 atom stereocenters. The number of esters is 1. The number of aryl methyl sites for hydroxylation is 1. The predicted octanol–water partition coefficient (Wildman–Crippen LogP) is 5.31. The van der Waals surface area contributed by atoms with Gasteiger partial charge in [-0.25, -0.2) is 9.78 Å². The van der Waals surface area contributed by atoms with E-state index < -0.39 is 0 Å². The van der Waals surface area contributed by atoms with Gasteiger partial charge in [-0.05, 0) is 39.0 Å². The summed E-state index contributed by atoms with van der Waals surface area (Å²) >= 11 is 1.48. The topological polar surface area (TPSA) is 71.5 Å². The number of hydrogen-bond donors (Lipinski definition) is 1. The minimum atomic E-state index is -0.267. The van der Waals surface area contributed by atoms with Gasteiger partial charge in [0.05, 0.1) is 18.7 Å². The summed E-state index contributed by atoms with van der Waals surface area (Å²) in [4.78, 5) is 33.0. The number of aromatic nitrogens is 1. The molecule has 162 valence electrons. The Bertz CT molecular complexity index is 661. The van der Waals surface area contributed by atoms with E-state index in [-0.39, 0.29) is 18.4 Å². The maximum Gasteiger partial charge on any atom is 0.324 e. The van der Waals surface area contributed by atoms with Gasteiger partial charge in [0, 0.05) is 17.0 Å². The highest BCUT2D eigenvalue weighted by atomic mass is 32.1. The van der Waals surface area contributed by atoms with E-state index >= 15 is 0 Å². The van der Waals surface area contributed by atoms with Gasteiger partial charge in [0.15, 0.2) is 5.13 Å². The lowest BCUT2D eigenvalue weighted by molar-refractivity contribution is -0.142. The number of hydrogen-bond acceptors (Lipinski definition) is 5. The fourth-order valence-electron chi connectivity index (χ4n) is 4.70. The molecule has 0 unspecified atom stereocenters. The van der Waals surface area contributed by atoms with Crippen molar-refractivity contribution in [3.63, 3.8) is 0 Å². The van der Waals surface area contributed by atoms with Crippen molar-refractivity contribution in [3.8, 4) is 0 Å². The van der Waals surface area contributed by atoms with Gasteiger partial charge in [-0.15, -0.1) is 11.3 Å². The number of ether oxygens (including phenoxy) is 1. The lowest BCUT2D eigenvalue weighted by atomic mass is 9.89. The summed E-state index contributed by atoms with van der Waals surface area (Å²) in [6.45, 7) is 4.21. The highest BCUT2D eigenvalue weighted by molar-refractivity contribution is 7.15. The van der Waals surface area contributed by atoms with Gasteiger partial charge in [0.25, 0.3) is 0 Å². The van der Waals surface area contributed by atoms with Crippen LogP contribution in [0.5, 0.6) is 0 Å². The van der Waals surface area contributed by atoms with Crippen LogP contribution in [0, 0.1) is 0 Å². The van der Waals surface area contributed by atoms with Gasteiger partial charge in [-0.2, -0.15) is 0 Å². The van der Waals surface area contributed by atoms with E-state index in [1.54, 1.807) is 6.92 Å². The summed E-state index contributed by atoms with van der Waals surface area (Å²) in [5.74, 6) is -0.267. The van der Waals surface area contributed by atoms with E-state index in [1.807, 2.05) is 6.92 Å². The molecular formula is C22H35N3O3S. The molecule has 0 aromatic carbocycles. The van der Waals surface area contributed by atoms with Crippen molar-refractivity contribution in [1.29, 1.82) is 0 Å². The fraction of sp³-hybridized carbons (Fsp3) is 0.773. The monoisotopic (exact) mass is 421 g/mol. The molecule has 0 saturated heterocycles. The normalized spacial score (nSPS) is 18.4. The Hall–Kier alpha value is -1.63. The van der Waals surface area contributed by atoms with Crippen LogP contribution in [-0.2, 0) is 22.4 Å². The van der Waals surface area contributed by atoms with Gasteiger partial charge in [-0.3, -0.25) is 10.1 Å². The fourth-order valence-corrected chi connectivity index (χ4v) is 5.61. The lowest BCUT2D eigenvalue weighted by Gasteiger charge is -2.41. The van der Waals surface area contributed by atoms with Gasteiger partial charge >= 0.3 is 12.0 Å². The smallest absolute Gasteiger partial charge is 0.324 e. The first-order valence-electron chi connectivity index (χ1n) is 11.4. The van der Waals surface area contributed by atoms with Crippen LogP contribution in [0.25, 0.3) is 0 Å². The molecule has 29 heavy (non-hydrogen) atoms. The van der Waals surface area contributed by atoms with Crippen LogP contribution in [0.2, 0.25) is 0 Å². The summed E-state index contributed by atoms with van der Waals surface area (Å²) in [6, 6.07) is 0.677. The first kappa shape index (κ1) is 22.1. The van der Waals surface area contributed by atoms with Crippen molar-refractivity contribution < 1.29 is 14.3 Å². The molecule has 0 radical (unpaired) electrons. The SMILES string of the molecule is CCOC(=O)Cc1nc(NC(=O)N(C2CCCCC2)C2CCCCC2)sc1CC. The largest absolute Gasteiger partial charge is 0.466 e. The van der Waals surface area contributed by atoms with Crippen molar-refractivity contribution in [1.82, 2.24) is 9.88 Å². The third kappa shape index (κ3) is 5.93. The van der Waals surface area contributed by atoms with Crippen LogP contribution in [0.1, 0.15) is 88.6 Å². The number of urea groups is 1. The van der Waals surface area contributed by atoms with Crippen LogP contribution >= 0.6 is 11.3 Å². The number of carbonyl (C=O) groups is 2. The summed E-state index contributed by atoms with van der Waals surface area (Å²) in [5.41, 5.74) is 0.730. The Labute approximate surface area is 178 Å². The van der Waals surface area contributed by atoms with E-state index in [0.717, 1.165) is 42.7 Å². The van der Waals surface area contributed by atoms with Gasteiger partial charge in [0.1, 0.15) is 0 Å². The predicted molar refractivity (Wildman–Crippen MR) is 116 cm³/mol. The lowest BCUT2D eigenvalue weighted by Crippen LogP contribution is -2.50. The molecule has 1 heterocycles. The quantitative estimate of drug-likeness (QED) is 0.606. The highest BCUT2D eigenvalue weighted by Crippen LogP contribution is 2.32. The molecule has 7 heteroatoms. The summed E-state index contributed by atoms with van der Waals surface area (Å²) < 4.78 is 5.06. The van der Waals surface area contributed by atoms with Crippen molar-refractivity contribution in [2.45, 2.75) is 103 Å². The zero-order valence-electron chi connectivity index (χ0n) is 17.9. The number of rotatable bonds is 7. The second-order valence-electron chi connectivity index (χ2n) is 8.15. The molecular weight excluding hydrogens is 386 g/mol. The minimum absolute atomic E-state index is 0.0112. The molecule has 6 nitrogen and oxygen atoms in total. The average molecular weight is 422 g/mol. The number of nitrogens with zero attached hydrogens (tertiary/aromatic N) is 2. The standard InChI is InChI=1S/C22H35N3O3S/c1-3-19-18(15-20(26)28-4-2)23-21(29-19)24-22(27)25(16-11-7-5-8-12-16)17-13-9-6-10-14-17/h16-17H,3-15H2,1-2H3,(H,23,24,27). The molecule has 2 fully saturated rings. The number of anilines is 1. The molecule has 1 aromatic rings. The molecule has 2 amide bonds. The van der Waals surface area contributed by atoms with Crippen molar-refractivity contribution in [2.75, 3.05) is 11.9 Å².